The molecule has 1 aromatic heterocycles. The Morgan fingerprint density at radius 3 is 1.55 bits per heavy atom. The van der Waals surface area contributed by atoms with Crippen LogP contribution in [0.5, 0.6) is 0 Å². The topological polar surface area (TPSA) is 25.8 Å². The van der Waals surface area contributed by atoms with Gasteiger partial charge in [0.1, 0.15) is 0 Å². The zero-order chi connectivity index (χ0) is 36.5. The molecular weight excluding hydrogens is 639 g/mol. The average molecular weight is 691 g/mol. The van der Waals surface area contributed by atoms with Gasteiger partial charge in [-0.05, 0) is 109 Å². The highest BCUT2D eigenvalue weighted by Gasteiger charge is 2.59. The normalized spacial score (nSPS) is 23.0. The third-order valence-corrected chi connectivity index (χ3v) is 13.3. The first-order valence-corrected chi connectivity index (χ1v) is 19.9. The van der Waals surface area contributed by atoms with Crippen LogP contribution in [0.2, 0.25) is 0 Å². The van der Waals surface area contributed by atoms with Crippen molar-refractivity contribution in [1.82, 2.24) is 9.97 Å². The molecule has 264 valence electrons. The summed E-state index contributed by atoms with van der Waals surface area (Å²) in [6.07, 6.45) is 7.60. The minimum absolute atomic E-state index is 0.0630. The fourth-order valence-corrected chi connectivity index (χ4v) is 11.9. The van der Waals surface area contributed by atoms with Crippen LogP contribution in [0.25, 0.3) is 22.6 Å². The van der Waals surface area contributed by atoms with E-state index in [1.807, 2.05) is 0 Å². The maximum absolute atomic E-state index is 5.48. The van der Waals surface area contributed by atoms with E-state index in [-0.39, 0.29) is 17.5 Å². The molecular formula is C50H51BN2. The molecule has 6 aromatic rings. The maximum atomic E-state index is 5.48. The van der Waals surface area contributed by atoms with Crippen LogP contribution >= 0.6 is 0 Å². The van der Waals surface area contributed by atoms with E-state index in [9.17, 15) is 0 Å². The summed E-state index contributed by atoms with van der Waals surface area (Å²) < 4.78 is 0. The van der Waals surface area contributed by atoms with Gasteiger partial charge in [0.25, 0.3) is 0 Å². The predicted molar refractivity (Wildman–Crippen MR) is 223 cm³/mol. The van der Waals surface area contributed by atoms with Crippen molar-refractivity contribution in [3.63, 3.8) is 0 Å². The summed E-state index contributed by atoms with van der Waals surface area (Å²) in [6.45, 7) is 13.9. The average Bonchev–Trinajstić information content (AvgIpc) is 3.13. The zero-order valence-electron chi connectivity index (χ0n) is 32.3. The quantitative estimate of drug-likeness (QED) is 0.156. The molecule has 5 aromatic carbocycles. The van der Waals surface area contributed by atoms with Gasteiger partial charge in [-0.25, -0.2) is 9.97 Å². The van der Waals surface area contributed by atoms with E-state index >= 15 is 0 Å². The first-order chi connectivity index (χ1) is 25.6. The Bertz CT molecular complexity index is 2150. The molecule has 0 aliphatic heterocycles. The molecule has 10 rings (SSSR count). The Kier molecular flexibility index (Phi) is 8.33. The third kappa shape index (κ3) is 5.97. The van der Waals surface area contributed by atoms with Gasteiger partial charge < -0.3 is 0 Å². The van der Waals surface area contributed by atoms with E-state index in [1.54, 1.807) is 0 Å². The van der Waals surface area contributed by atoms with Gasteiger partial charge in [-0.2, -0.15) is 0 Å². The van der Waals surface area contributed by atoms with E-state index < -0.39 is 0 Å². The van der Waals surface area contributed by atoms with Gasteiger partial charge in [0.15, 0.2) is 5.82 Å². The van der Waals surface area contributed by atoms with Crippen molar-refractivity contribution < 1.29 is 0 Å². The monoisotopic (exact) mass is 690 g/mol. The predicted octanol–water partition coefficient (Wildman–Crippen LogP) is 9.97. The van der Waals surface area contributed by atoms with Crippen LogP contribution in [0.15, 0.2) is 115 Å². The molecule has 4 saturated carbocycles. The molecule has 53 heavy (non-hydrogen) atoms. The summed E-state index contributed by atoms with van der Waals surface area (Å²) in [7, 11) is 0. The summed E-state index contributed by atoms with van der Waals surface area (Å²) in [6, 6.07) is 43.2. The van der Waals surface area contributed by atoms with Crippen molar-refractivity contribution in [2.75, 3.05) is 0 Å². The van der Waals surface area contributed by atoms with Crippen LogP contribution in [-0.2, 0) is 10.8 Å². The highest BCUT2D eigenvalue weighted by Crippen LogP contribution is 2.66. The lowest BCUT2D eigenvalue weighted by atomic mass is 9.34. The first kappa shape index (κ1) is 34.0. The number of aryl methyl sites for hydroxylation is 6. The molecule has 4 fully saturated rings. The minimum atomic E-state index is 0.0630. The number of hydrogen-bond donors (Lipinski definition) is 0. The standard InChI is InChI=1S/C50H51BN2/c1-32-21-34(3)46(35(4)22-32)51(47-36(5)23-33(2)24-37(47)6)43-19-17-42(18-20-43)49-27-38-25-39(28-49)30-50(29-38,31-49)45-26-44(40-13-9-7-10-14-40)52-48(53-45)41-15-11-8-12-16-41/h7-24,26,38-39H,25,27-31H2,1-6H3. The molecule has 3 heteroatoms. The van der Waals surface area contributed by atoms with Crippen LogP contribution in [-0.4, -0.2) is 16.7 Å². The Labute approximate surface area is 317 Å². The second-order valence-electron chi connectivity index (χ2n) is 17.4. The molecule has 0 saturated heterocycles. The summed E-state index contributed by atoms with van der Waals surface area (Å²) in [5, 5.41) is 0. The molecule has 2 unspecified atom stereocenters. The SMILES string of the molecule is Cc1cc(C)c(B(c2ccc(C34CC5CC(C3)CC(c3cc(-c6ccccc6)nc(-c6ccccc6)n3)(C5)C4)cc2)c2c(C)cc(C)cc2C)c(C)c1. The molecule has 0 radical (unpaired) electrons. The summed E-state index contributed by atoms with van der Waals surface area (Å²) >= 11 is 0. The Balaban J connectivity index is 1.14. The Morgan fingerprint density at radius 2 is 1.02 bits per heavy atom. The number of aromatic nitrogens is 2. The van der Waals surface area contributed by atoms with Gasteiger partial charge in [-0.15, -0.1) is 0 Å². The Morgan fingerprint density at radius 1 is 0.528 bits per heavy atom. The molecule has 4 aliphatic carbocycles. The van der Waals surface area contributed by atoms with Crippen LogP contribution in [0.1, 0.15) is 83.2 Å². The largest absolute Gasteiger partial charge is 0.242 e. The van der Waals surface area contributed by atoms with Crippen LogP contribution in [0.4, 0.5) is 0 Å². The van der Waals surface area contributed by atoms with Crippen molar-refractivity contribution in [2.24, 2.45) is 11.8 Å². The van der Waals surface area contributed by atoms with Crippen molar-refractivity contribution in [1.29, 1.82) is 0 Å². The summed E-state index contributed by atoms with van der Waals surface area (Å²) in [4.78, 5) is 10.7. The molecule has 4 aliphatic rings. The lowest BCUT2D eigenvalue weighted by Gasteiger charge is -2.62. The van der Waals surface area contributed by atoms with E-state index in [2.05, 4.69) is 157 Å². The minimum Gasteiger partial charge on any atom is -0.232 e. The smallest absolute Gasteiger partial charge is 0.232 e. The van der Waals surface area contributed by atoms with E-state index in [0.29, 0.717) is 0 Å². The molecule has 0 amide bonds. The fraction of sp³-hybridized carbons (Fsp3) is 0.320. The van der Waals surface area contributed by atoms with Crippen LogP contribution < -0.4 is 16.4 Å². The van der Waals surface area contributed by atoms with Crippen molar-refractivity contribution in [2.45, 2.75) is 90.9 Å². The lowest BCUT2D eigenvalue weighted by Crippen LogP contribution is -2.57. The first-order valence-electron chi connectivity index (χ1n) is 19.9. The summed E-state index contributed by atoms with van der Waals surface area (Å²) in [5.41, 5.74) is 18.8. The van der Waals surface area contributed by atoms with Gasteiger partial charge in [0.05, 0.1) is 11.4 Å². The van der Waals surface area contributed by atoms with Crippen LogP contribution in [0, 0.1) is 53.4 Å². The molecule has 0 N–H and O–H groups in total. The van der Waals surface area contributed by atoms with E-state index in [1.165, 1.54) is 99.6 Å². The van der Waals surface area contributed by atoms with Gasteiger partial charge >= 0.3 is 0 Å². The second kappa shape index (κ2) is 13.0. The van der Waals surface area contributed by atoms with Gasteiger partial charge in [-0.1, -0.05) is 159 Å². The summed E-state index contributed by atoms with van der Waals surface area (Å²) in [5.74, 6) is 2.31. The van der Waals surface area contributed by atoms with E-state index in [0.717, 1.165) is 34.5 Å². The molecule has 1 heterocycles. The lowest BCUT2D eigenvalue weighted by molar-refractivity contribution is -0.0299. The van der Waals surface area contributed by atoms with Crippen molar-refractivity contribution >= 4 is 23.1 Å². The molecule has 4 bridgehead atoms. The van der Waals surface area contributed by atoms with Crippen molar-refractivity contribution in [3.05, 3.63) is 160 Å². The zero-order valence-corrected chi connectivity index (χ0v) is 32.3. The number of hydrogen-bond acceptors (Lipinski definition) is 2. The van der Waals surface area contributed by atoms with Gasteiger partial charge in [0, 0.05) is 16.5 Å². The highest BCUT2D eigenvalue weighted by atomic mass is 14.9. The molecule has 2 atom stereocenters. The van der Waals surface area contributed by atoms with Crippen molar-refractivity contribution in [3.8, 4) is 22.6 Å². The van der Waals surface area contributed by atoms with Gasteiger partial charge in [0.2, 0.25) is 6.71 Å². The number of rotatable bonds is 7. The maximum Gasteiger partial charge on any atom is 0.242 e. The van der Waals surface area contributed by atoms with Crippen LogP contribution in [0.3, 0.4) is 0 Å². The number of nitrogens with zero attached hydrogens (tertiary/aromatic N) is 2. The van der Waals surface area contributed by atoms with Gasteiger partial charge in [-0.3, -0.25) is 0 Å². The molecule has 2 nitrogen and oxygen atoms in total. The molecule has 0 spiro atoms. The number of benzene rings is 5. The van der Waals surface area contributed by atoms with E-state index in [4.69, 9.17) is 9.97 Å². The Hall–Kier alpha value is -4.76. The third-order valence-electron chi connectivity index (χ3n) is 13.3. The highest BCUT2D eigenvalue weighted by molar-refractivity contribution is 6.96. The fourth-order valence-electron chi connectivity index (χ4n) is 11.9. The second-order valence-corrected chi connectivity index (χ2v) is 17.4.